The second kappa shape index (κ2) is 5.88. The van der Waals surface area contributed by atoms with Crippen LogP contribution in [0.15, 0.2) is 56.4 Å². The number of allylic oxidation sites excluding steroid dienone is 1. The lowest BCUT2D eigenvalue weighted by Crippen LogP contribution is -2.15. The van der Waals surface area contributed by atoms with Gasteiger partial charge in [0.2, 0.25) is 0 Å². The van der Waals surface area contributed by atoms with Gasteiger partial charge in [-0.2, -0.15) is 10.2 Å². The number of carbonyl (C=O) groups excluding carboxylic acids is 1. The highest BCUT2D eigenvalue weighted by atomic mass is 32.2. The number of hydrogen-bond acceptors (Lipinski definition) is 5. The molecule has 2 heterocycles. The predicted octanol–water partition coefficient (Wildman–Crippen LogP) is 3.43. The molecule has 0 aliphatic carbocycles. The first kappa shape index (κ1) is 12.9. The van der Waals surface area contributed by atoms with Crippen molar-refractivity contribution >= 4 is 40.9 Å². The molecule has 0 radical (unpaired) electrons. The van der Waals surface area contributed by atoms with Gasteiger partial charge in [-0.25, -0.2) is 0 Å². The third-order valence-corrected chi connectivity index (χ3v) is 4.05. The molecule has 1 atom stereocenters. The summed E-state index contributed by atoms with van der Waals surface area (Å²) in [4.78, 5) is 11.0. The van der Waals surface area contributed by atoms with E-state index in [1.54, 1.807) is 11.8 Å². The summed E-state index contributed by atoms with van der Waals surface area (Å²) in [6, 6.07) is 9.62. The molecular formula is C15H12N2O2S. The fourth-order valence-corrected chi connectivity index (χ4v) is 2.83. The molecule has 1 aromatic heterocycles. The summed E-state index contributed by atoms with van der Waals surface area (Å²) in [5.74, 6) is 0.623. The molecule has 0 amide bonds. The molecule has 1 unspecified atom stereocenters. The van der Waals surface area contributed by atoms with Crippen molar-refractivity contribution in [2.45, 2.75) is 11.7 Å². The lowest BCUT2D eigenvalue weighted by molar-refractivity contribution is -0.102. The van der Waals surface area contributed by atoms with Crippen LogP contribution < -0.4 is 0 Å². The Kier molecular flexibility index (Phi) is 3.78. The molecular weight excluding hydrogens is 272 g/mol. The summed E-state index contributed by atoms with van der Waals surface area (Å²) in [5.41, 5.74) is 1.26. The van der Waals surface area contributed by atoms with Crippen LogP contribution in [0.1, 0.15) is 12.2 Å². The van der Waals surface area contributed by atoms with E-state index in [4.69, 9.17) is 4.42 Å². The minimum atomic E-state index is 0.0836. The number of hydrogen-bond donors (Lipinski definition) is 0. The van der Waals surface area contributed by atoms with Gasteiger partial charge in [0, 0.05) is 5.39 Å². The SMILES string of the molecule is O=C/C(=N\N=C\c1cc2ccccc2o1)C1CC=CS1. The molecule has 20 heavy (non-hydrogen) atoms. The van der Waals surface area contributed by atoms with Crippen molar-refractivity contribution in [1.29, 1.82) is 0 Å². The minimum absolute atomic E-state index is 0.0836. The van der Waals surface area contributed by atoms with E-state index in [-0.39, 0.29) is 5.25 Å². The van der Waals surface area contributed by atoms with Gasteiger partial charge in [-0.1, -0.05) is 24.3 Å². The summed E-state index contributed by atoms with van der Waals surface area (Å²) < 4.78 is 5.58. The topological polar surface area (TPSA) is 54.9 Å². The molecule has 4 nitrogen and oxygen atoms in total. The van der Waals surface area contributed by atoms with Gasteiger partial charge in [0.05, 0.1) is 11.5 Å². The molecule has 0 fully saturated rings. The number of rotatable bonds is 4. The fraction of sp³-hybridized carbons (Fsp3) is 0.133. The van der Waals surface area contributed by atoms with Crippen molar-refractivity contribution < 1.29 is 9.21 Å². The maximum absolute atomic E-state index is 11.0. The summed E-state index contributed by atoms with van der Waals surface area (Å²) in [6.07, 6.45) is 5.14. The largest absolute Gasteiger partial charge is 0.455 e. The summed E-state index contributed by atoms with van der Waals surface area (Å²) in [6.45, 7) is 0. The lowest BCUT2D eigenvalue weighted by atomic mass is 10.2. The number of carbonyl (C=O) groups is 1. The van der Waals surface area contributed by atoms with Crippen LogP contribution >= 0.6 is 11.8 Å². The second-order valence-electron chi connectivity index (χ2n) is 4.31. The van der Waals surface area contributed by atoms with Crippen LogP contribution in [0, 0.1) is 0 Å². The fourth-order valence-electron chi connectivity index (χ4n) is 1.96. The average Bonchev–Trinajstić information content (AvgIpc) is 3.12. The van der Waals surface area contributed by atoms with Crippen molar-refractivity contribution in [3.63, 3.8) is 0 Å². The van der Waals surface area contributed by atoms with E-state index < -0.39 is 0 Å². The number of thioether (sulfide) groups is 1. The van der Waals surface area contributed by atoms with E-state index in [0.29, 0.717) is 11.5 Å². The number of furan rings is 1. The molecule has 0 N–H and O–H groups in total. The van der Waals surface area contributed by atoms with Crippen LogP contribution in [0.25, 0.3) is 11.0 Å². The molecule has 2 aromatic rings. The van der Waals surface area contributed by atoms with E-state index in [1.165, 1.54) is 6.21 Å². The maximum Gasteiger partial charge on any atom is 0.167 e. The zero-order valence-electron chi connectivity index (χ0n) is 10.6. The maximum atomic E-state index is 11.0. The molecule has 0 saturated carbocycles. The third kappa shape index (κ3) is 2.72. The molecule has 1 aromatic carbocycles. The number of aldehydes is 1. The van der Waals surface area contributed by atoms with Crippen LogP contribution in [0.5, 0.6) is 0 Å². The molecule has 3 rings (SSSR count). The van der Waals surface area contributed by atoms with E-state index in [2.05, 4.69) is 10.2 Å². The standard InChI is InChI=1S/C15H12N2O2S/c18-10-13(15-6-3-7-20-15)17-16-9-12-8-11-4-1-2-5-14(11)19-12/h1-5,7-10,15H,6H2/b16-9+,17-13+. The quantitative estimate of drug-likeness (QED) is 0.491. The number of para-hydroxylation sites is 1. The van der Waals surface area contributed by atoms with Crippen molar-refractivity contribution in [2.75, 3.05) is 0 Å². The third-order valence-electron chi connectivity index (χ3n) is 2.94. The Bertz CT molecular complexity index is 674. The highest BCUT2D eigenvalue weighted by Crippen LogP contribution is 2.24. The molecule has 0 saturated heterocycles. The Labute approximate surface area is 120 Å². The molecule has 5 heteroatoms. The van der Waals surface area contributed by atoms with Crippen LogP contribution in [-0.4, -0.2) is 23.5 Å². The second-order valence-corrected chi connectivity index (χ2v) is 5.42. The van der Waals surface area contributed by atoms with Gasteiger partial charge >= 0.3 is 0 Å². The van der Waals surface area contributed by atoms with Gasteiger partial charge in [0.1, 0.15) is 17.1 Å². The smallest absolute Gasteiger partial charge is 0.167 e. The van der Waals surface area contributed by atoms with Crippen molar-refractivity contribution in [3.8, 4) is 0 Å². The molecule has 1 aliphatic heterocycles. The van der Waals surface area contributed by atoms with E-state index in [9.17, 15) is 4.79 Å². The zero-order valence-corrected chi connectivity index (χ0v) is 11.4. The zero-order chi connectivity index (χ0) is 13.8. The Morgan fingerprint density at radius 2 is 2.30 bits per heavy atom. The average molecular weight is 284 g/mol. The van der Waals surface area contributed by atoms with Crippen LogP contribution in [0.3, 0.4) is 0 Å². The number of benzene rings is 1. The van der Waals surface area contributed by atoms with E-state index >= 15 is 0 Å². The number of fused-ring (bicyclic) bond motifs is 1. The van der Waals surface area contributed by atoms with Crippen molar-refractivity contribution in [1.82, 2.24) is 0 Å². The van der Waals surface area contributed by atoms with Gasteiger partial charge in [0.25, 0.3) is 0 Å². The monoisotopic (exact) mass is 284 g/mol. The van der Waals surface area contributed by atoms with Gasteiger partial charge in [-0.05, 0) is 24.0 Å². The Balaban J connectivity index is 1.77. The first-order valence-corrected chi connectivity index (χ1v) is 7.16. The van der Waals surface area contributed by atoms with Crippen molar-refractivity contribution in [3.05, 3.63) is 47.6 Å². The Hall–Kier alpha value is -2.14. The first-order valence-electron chi connectivity index (χ1n) is 6.22. The highest BCUT2D eigenvalue weighted by molar-refractivity contribution is 8.03. The Morgan fingerprint density at radius 3 is 3.05 bits per heavy atom. The van der Waals surface area contributed by atoms with Crippen LogP contribution in [0.4, 0.5) is 0 Å². The summed E-state index contributed by atoms with van der Waals surface area (Å²) in [7, 11) is 0. The predicted molar refractivity (Wildman–Crippen MR) is 82.4 cm³/mol. The Morgan fingerprint density at radius 1 is 1.40 bits per heavy atom. The molecule has 1 aliphatic rings. The van der Waals surface area contributed by atoms with Crippen LogP contribution in [0.2, 0.25) is 0 Å². The van der Waals surface area contributed by atoms with Gasteiger partial charge < -0.3 is 4.42 Å². The van der Waals surface area contributed by atoms with E-state index in [0.717, 1.165) is 23.7 Å². The van der Waals surface area contributed by atoms with Crippen LogP contribution in [-0.2, 0) is 4.79 Å². The highest BCUT2D eigenvalue weighted by Gasteiger charge is 2.17. The van der Waals surface area contributed by atoms with Gasteiger partial charge in [0.15, 0.2) is 6.29 Å². The number of nitrogens with zero attached hydrogens (tertiary/aromatic N) is 2. The molecule has 0 bridgehead atoms. The van der Waals surface area contributed by atoms with E-state index in [1.807, 2.05) is 41.8 Å². The van der Waals surface area contributed by atoms with Gasteiger partial charge in [-0.15, -0.1) is 11.8 Å². The first-order chi connectivity index (χ1) is 9.86. The molecule has 100 valence electrons. The van der Waals surface area contributed by atoms with Crippen molar-refractivity contribution in [2.24, 2.45) is 10.2 Å². The van der Waals surface area contributed by atoms with Gasteiger partial charge in [-0.3, -0.25) is 4.79 Å². The lowest BCUT2D eigenvalue weighted by Gasteiger charge is -2.03. The summed E-state index contributed by atoms with van der Waals surface area (Å²) >= 11 is 1.59. The minimum Gasteiger partial charge on any atom is -0.455 e. The molecule has 0 spiro atoms. The summed E-state index contributed by atoms with van der Waals surface area (Å²) in [5, 5.41) is 11.0. The normalized spacial score (nSPS) is 19.2.